The van der Waals surface area contributed by atoms with Crippen LogP contribution in [0.1, 0.15) is 25.3 Å². The van der Waals surface area contributed by atoms with Gasteiger partial charge in [-0.3, -0.25) is 4.90 Å². The van der Waals surface area contributed by atoms with Crippen LogP contribution < -0.4 is 14.8 Å². The molecule has 4 heteroatoms. The molecule has 1 N–H and O–H groups in total. The van der Waals surface area contributed by atoms with Gasteiger partial charge in [0.15, 0.2) is 11.5 Å². The number of hydrogen-bond donors (Lipinski definition) is 1. The van der Waals surface area contributed by atoms with E-state index in [-0.39, 0.29) is 0 Å². The summed E-state index contributed by atoms with van der Waals surface area (Å²) in [5.74, 6) is 1.77. The van der Waals surface area contributed by atoms with Crippen LogP contribution in [0, 0.1) is 0 Å². The molecule has 1 aromatic rings. The second-order valence-electron chi connectivity index (χ2n) is 5.60. The molecule has 2 heterocycles. The van der Waals surface area contributed by atoms with Gasteiger partial charge in [0.05, 0.1) is 0 Å². The molecule has 0 radical (unpaired) electrons. The summed E-state index contributed by atoms with van der Waals surface area (Å²) < 4.78 is 11.2. The highest BCUT2D eigenvalue weighted by molar-refractivity contribution is 5.43. The molecule has 20 heavy (non-hydrogen) atoms. The van der Waals surface area contributed by atoms with Gasteiger partial charge in [0.25, 0.3) is 0 Å². The Labute approximate surface area is 121 Å². The molecule has 2 aliphatic heterocycles. The molecular weight excluding hydrogens is 252 g/mol. The Hall–Kier alpha value is -1.26. The summed E-state index contributed by atoms with van der Waals surface area (Å²) in [6, 6.07) is 6.97. The van der Waals surface area contributed by atoms with Crippen molar-refractivity contribution in [1.29, 1.82) is 0 Å². The Kier molecular flexibility index (Phi) is 4.43. The molecule has 110 valence electrons. The number of ether oxygens (including phenoxy) is 2. The molecule has 0 saturated carbocycles. The Bertz CT molecular complexity index is 444. The minimum absolute atomic E-state index is 0.653. The van der Waals surface area contributed by atoms with Crippen LogP contribution >= 0.6 is 0 Å². The van der Waals surface area contributed by atoms with Gasteiger partial charge in [-0.1, -0.05) is 13.0 Å². The lowest BCUT2D eigenvalue weighted by Gasteiger charge is -2.25. The summed E-state index contributed by atoms with van der Waals surface area (Å²) >= 11 is 0. The lowest BCUT2D eigenvalue weighted by molar-refractivity contribution is 0.171. The summed E-state index contributed by atoms with van der Waals surface area (Å²) in [5.41, 5.74) is 1.30. The first-order chi connectivity index (χ1) is 9.85. The Morgan fingerprint density at radius 1 is 1.25 bits per heavy atom. The average Bonchev–Trinajstić information content (AvgIpc) is 2.99. The van der Waals surface area contributed by atoms with E-state index in [1.807, 2.05) is 6.07 Å². The zero-order chi connectivity index (χ0) is 13.8. The van der Waals surface area contributed by atoms with E-state index in [1.165, 1.54) is 24.9 Å². The number of rotatable bonds is 5. The molecule has 0 amide bonds. The minimum atomic E-state index is 0.653. The third kappa shape index (κ3) is 3.25. The number of benzene rings is 1. The van der Waals surface area contributed by atoms with Crippen LogP contribution in [0.2, 0.25) is 0 Å². The predicted molar refractivity (Wildman–Crippen MR) is 79.4 cm³/mol. The van der Waals surface area contributed by atoms with Gasteiger partial charge in [0.2, 0.25) is 0 Å². The van der Waals surface area contributed by atoms with E-state index in [4.69, 9.17) is 9.47 Å². The fraction of sp³-hybridized carbons (Fsp3) is 0.625. The van der Waals surface area contributed by atoms with Crippen LogP contribution in [-0.2, 0) is 6.54 Å². The lowest BCUT2D eigenvalue weighted by Crippen LogP contribution is -2.37. The Balaban J connectivity index is 1.62. The number of hydrogen-bond acceptors (Lipinski definition) is 4. The standard InChI is InChI=1S/C16H24N2O2/c1-2-18(12-14-4-3-7-17-14)11-13-5-6-15-16(10-13)20-9-8-19-15/h5-6,10,14,17H,2-4,7-9,11-12H2,1H3. The molecular formula is C16H24N2O2. The van der Waals surface area contributed by atoms with Gasteiger partial charge in [0, 0.05) is 19.1 Å². The van der Waals surface area contributed by atoms with E-state index in [0.29, 0.717) is 19.3 Å². The SMILES string of the molecule is CCN(Cc1ccc2c(c1)OCCO2)CC1CCCN1. The van der Waals surface area contributed by atoms with Crippen LogP contribution in [-0.4, -0.2) is 43.8 Å². The van der Waals surface area contributed by atoms with Gasteiger partial charge < -0.3 is 14.8 Å². The maximum atomic E-state index is 5.66. The van der Waals surface area contributed by atoms with Gasteiger partial charge in [-0.05, 0) is 43.6 Å². The molecule has 0 bridgehead atoms. The van der Waals surface area contributed by atoms with E-state index in [0.717, 1.165) is 31.1 Å². The van der Waals surface area contributed by atoms with Gasteiger partial charge in [-0.15, -0.1) is 0 Å². The Morgan fingerprint density at radius 2 is 2.10 bits per heavy atom. The summed E-state index contributed by atoms with van der Waals surface area (Å²) in [6.07, 6.45) is 2.61. The van der Waals surface area contributed by atoms with Crippen LogP contribution in [0.4, 0.5) is 0 Å². The first-order valence-corrected chi connectivity index (χ1v) is 7.69. The second-order valence-corrected chi connectivity index (χ2v) is 5.60. The zero-order valence-corrected chi connectivity index (χ0v) is 12.2. The smallest absolute Gasteiger partial charge is 0.161 e. The highest BCUT2D eigenvalue weighted by atomic mass is 16.6. The lowest BCUT2D eigenvalue weighted by atomic mass is 10.1. The summed E-state index contributed by atoms with van der Waals surface area (Å²) in [4.78, 5) is 2.49. The summed E-state index contributed by atoms with van der Waals surface area (Å²) in [7, 11) is 0. The van der Waals surface area contributed by atoms with Crippen molar-refractivity contribution >= 4 is 0 Å². The van der Waals surface area contributed by atoms with Crippen molar-refractivity contribution in [1.82, 2.24) is 10.2 Å². The predicted octanol–water partition coefficient (Wildman–Crippen LogP) is 2.03. The van der Waals surface area contributed by atoms with Crippen molar-refractivity contribution in [2.24, 2.45) is 0 Å². The number of likely N-dealkylation sites (N-methyl/N-ethyl adjacent to an activating group) is 1. The van der Waals surface area contributed by atoms with Gasteiger partial charge >= 0.3 is 0 Å². The van der Waals surface area contributed by atoms with Crippen LogP contribution in [0.25, 0.3) is 0 Å². The maximum Gasteiger partial charge on any atom is 0.161 e. The molecule has 1 aromatic carbocycles. The molecule has 1 atom stereocenters. The van der Waals surface area contributed by atoms with Gasteiger partial charge in [-0.2, -0.15) is 0 Å². The van der Waals surface area contributed by atoms with Crippen LogP contribution in [0.5, 0.6) is 11.5 Å². The first-order valence-electron chi connectivity index (χ1n) is 7.69. The molecule has 4 nitrogen and oxygen atoms in total. The third-order valence-corrected chi connectivity index (χ3v) is 4.10. The minimum Gasteiger partial charge on any atom is -0.486 e. The van der Waals surface area contributed by atoms with Crippen molar-refractivity contribution in [2.75, 3.05) is 32.8 Å². The largest absolute Gasteiger partial charge is 0.486 e. The third-order valence-electron chi connectivity index (χ3n) is 4.10. The monoisotopic (exact) mass is 276 g/mol. The van der Waals surface area contributed by atoms with Crippen molar-refractivity contribution in [2.45, 2.75) is 32.4 Å². The normalized spacial score (nSPS) is 21.4. The fourth-order valence-electron chi connectivity index (χ4n) is 2.97. The number of nitrogens with one attached hydrogen (secondary N) is 1. The molecule has 1 fully saturated rings. The topological polar surface area (TPSA) is 33.7 Å². The van der Waals surface area contributed by atoms with Gasteiger partial charge in [0.1, 0.15) is 13.2 Å². The molecule has 0 spiro atoms. The Morgan fingerprint density at radius 3 is 2.85 bits per heavy atom. The second kappa shape index (κ2) is 6.46. The van der Waals surface area contributed by atoms with Gasteiger partial charge in [-0.25, -0.2) is 0 Å². The van der Waals surface area contributed by atoms with Crippen molar-refractivity contribution < 1.29 is 9.47 Å². The molecule has 2 aliphatic rings. The van der Waals surface area contributed by atoms with E-state index >= 15 is 0 Å². The highest BCUT2D eigenvalue weighted by Gasteiger charge is 2.18. The molecule has 0 aromatic heterocycles. The zero-order valence-electron chi connectivity index (χ0n) is 12.2. The van der Waals surface area contributed by atoms with E-state index < -0.39 is 0 Å². The maximum absolute atomic E-state index is 5.66. The highest BCUT2D eigenvalue weighted by Crippen LogP contribution is 2.31. The van der Waals surface area contributed by atoms with Crippen LogP contribution in [0.15, 0.2) is 18.2 Å². The molecule has 3 rings (SSSR count). The number of fused-ring (bicyclic) bond motifs is 1. The molecule has 0 aliphatic carbocycles. The molecule has 1 saturated heterocycles. The molecule has 1 unspecified atom stereocenters. The first kappa shape index (κ1) is 13.7. The van der Waals surface area contributed by atoms with E-state index in [9.17, 15) is 0 Å². The van der Waals surface area contributed by atoms with Crippen molar-refractivity contribution in [3.8, 4) is 11.5 Å². The quantitative estimate of drug-likeness (QED) is 0.892. The number of nitrogens with zero attached hydrogens (tertiary/aromatic N) is 1. The van der Waals surface area contributed by atoms with Crippen molar-refractivity contribution in [3.63, 3.8) is 0 Å². The van der Waals surface area contributed by atoms with Crippen LogP contribution in [0.3, 0.4) is 0 Å². The average molecular weight is 276 g/mol. The summed E-state index contributed by atoms with van der Waals surface area (Å²) in [5, 5.41) is 3.57. The summed E-state index contributed by atoms with van der Waals surface area (Å²) in [6.45, 7) is 7.89. The van der Waals surface area contributed by atoms with E-state index in [2.05, 4.69) is 29.3 Å². The fourth-order valence-corrected chi connectivity index (χ4v) is 2.97. The van der Waals surface area contributed by atoms with E-state index in [1.54, 1.807) is 0 Å². The van der Waals surface area contributed by atoms with Crippen molar-refractivity contribution in [3.05, 3.63) is 23.8 Å².